The molecular weight excluding hydrogens is 174 g/mol. The van der Waals surface area contributed by atoms with E-state index in [1.54, 1.807) is 0 Å². The summed E-state index contributed by atoms with van der Waals surface area (Å²) in [6.45, 7) is 0. The fourth-order valence-electron chi connectivity index (χ4n) is 0.882. The van der Waals surface area contributed by atoms with Gasteiger partial charge in [0.1, 0.15) is 0 Å². The van der Waals surface area contributed by atoms with Crippen molar-refractivity contribution in [2.24, 2.45) is 0 Å². The van der Waals surface area contributed by atoms with Gasteiger partial charge in [0.25, 0.3) is 0 Å². The van der Waals surface area contributed by atoms with Crippen LogP contribution < -0.4 is 5.32 Å². The summed E-state index contributed by atoms with van der Waals surface area (Å²) in [7, 11) is 1.88. The summed E-state index contributed by atoms with van der Waals surface area (Å²) in [5.74, 6) is 0. The number of hydrogen-bond acceptors (Lipinski definition) is 3. The molecule has 0 unspecified atom stereocenters. The topological polar surface area (TPSA) is 12.0 Å². The van der Waals surface area contributed by atoms with Crippen LogP contribution in [0, 0.1) is 0 Å². The molecule has 1 rings (SSSR count). The first-order chi connectivity index (χ1) is 5.24. The largest absolute Gasteiger partial charge is 0.387 e. The Kier molecular flexibility index (Phi) is 3.15. The van der Waals surface area contributed by atoms with E-state index >= 15 is 0 Å². The van der Waals surface area contributed by atoms with Crippen molar-refractivity contribution in [3.63, 3.8) is 0 Å². The summed E-state index contributed by atoms with van der Waals surface area (Å²) >= 11 is 8.57. The van der Waals surface area contributed by atoms with Crippen molar-refractivity contribution in [2.45, 2.75) is 6.42 Å². The first-order valence-electron chi connectivity index (χ1n) is 3.42. The van der Waals surface area contributed by atoms with E-state index in [1.807, 2.05) is 19.2 Å². The molecule has 0 aromatic carbocycles. The van der Waals surface area contributed by atoms with E-state index in [4.69, 9.17) is 0 Å². The van der Waals surface area contributed by atoms with Gasteiger partial charge in [-0.25, -0.2) is 0 Å². The highest BCUT2D eigenvalue weighted by atomic mass is 32.1. The molecule has 0 aromatic rings. The molecule has 1 N–H and O–H groups in total. The molecule has 0 aromatic heterocycles. The van der Waals surface area contributed by atoms with Gasteiger partial charge >= 0.3 is 0 Å². The van der Waals surface area contributed by atoms with Crippen LogP contribution >= 0.6 is 25.3 Å². The average molecular weight is 185 g/mol. The molecule has 0 atom stereocenters. The molecule has 0 radical (unpaired) electrons. The molecule has 0 amide bonds. The van der Waals surface area contributed by atoms with E-state index in [0.717, 1.165) is 21.9 Å². The van der Waals surface area contributed by atoms with Crippen LogP contribution in [-0.2, 0) is 0 Å². The van der Waals surface area contributed by atoms with Gasteiger partial charge in [0.2, 0.25) is 0 Å². The molecule has 1 nitrogen and oxygen atoms in total. The van der Waals surface area contributed by atoms with E-state index in [9.17, 15) is 0 Å². The Balaban J connectivity index is 2.92. The van der Waals surface area contributed by atoms with E-state index in [0.29, 0.717) is 0 Å². The lowest BCUT2D eigenvalue weighted by molar-refractivity contribution is 1.03. The Hall–Kier alpha value is -0.280. The lowest BCUT2D eigenvalue weighted by Crippen LogP contribution is -2.05. The molecule has 0 heterocycles. The third-order valence-corrected chi connectivity index (χ3v) is 2.21. The van der Waals surface area contributed by atoms with Crippen LogP contribution in [0.25, 0.3) is 0 Å². The van der Waals surface area contributed by atoms with Gasteiger partial charge in [-0.1, -0.05) is 12.2 Å². The molecule has 1 aliphatic carbocycles. The van der Waals surface area contributed by atoms with Crippen molar-refractivity contribution in [3.05, 3.63) is 33.7 Å². The summed E-state index contributed by atoms with van der Waals surface area (Å²) in [6, 6.07) is 0. The molecule has 0 aliphatic heterocycles. The summed E-state index contributed by atoms with van der Waals surface area (Å²) < 4.78 is 0. The van der Waals surface area contributed by atoms with Gasteiger partial charge in [0.05, 0.1) is 0 Å². The van der Waals surface area contributed by atoms with Gasteiger partial charge < -0.3 is 5.32 Å². The molecule has 11 heavy (non-hydrogen) atoms. The highest BCUT2D eigenvalue weighted by Crippen LogP contribution is 2.19. The maximum Gasteiger partial charge on any atom is 0.0481 e. The number of rotatable bonds is 1. The Labute approximate surface area is 78.1 Å². The Morgan fingerprint density at radius 3 is 2.73 bits per heavy atom. The lowest BCUT2D eigenvalue weighted by Gasteiger charge is -2.03. The number of hydrogen-bond donors (Lipinski definition) is 3. The second kappa shape index (κ2) is 3.93. The summed E-state index contributed by atoms with van der Waals surface area (Å²) in [4.78, 5) is 1.96. The van der Waals surface area contributed by atoms with Crippen molar-refractivity contribution in [1.29, 1.82) is 0 Å². The quantitative estimate of drug-likeness (QED) is 0.532. The highest BCUT2D eigenvalue weighted by Gasteiger charge is 2.00. The minimum absolute atomic E-state index is 0.902. The van der Waals surface area contributed by atoms with Crippen molar-refractivity contribution in [2.75, 3.05) is 7.05 Å². The Morgan fingerprint density at radius 1 is 1.36 bits per heavy atom. The second-order valence-corrected chi connectivity index (χ2v) is 3.26. The molecule has 1 aliphatic rings. The predicted octanol–water partition coefficient (Wildman–Crippen LogP) is 2.12. The summed E-state index contributed by atoms with van der Waals surface area (Å²) in [5.41, 5.74) is 1.02. The molecule has 0 saturated carbocycles. The zero-order chi connectivity index (χ0) is 8.27. The number of nitrogens with one attached hydrogen (secondary N) is 1. The fourth-order valence-corrected chi connectivity index (χ4v) is 1.40. The van der Waals surface area contributed by atoms with Crippen LogP contribution in [0.2, 0.25) is 0 Å². The number of thiol groups is 2. The molecule has 0 saturated heterocycles. The standard InChI is InChI=1S/C8H11NS2/c1-9-7-5-6(10)3-2-4-8(7)11/h3-5,9-11H,2H2,1H3. The van der Waals surface area contributed by atoms with Gasteiger partial charge in [0.15, 0.2) is 0 Å². The van der Waals surface area contributed by atoms with Crippen LogP contribution in [-0.4, -0.2) is 7.05 Å². The van der Waals surface area contributed by atoms with Crippen LogP contribution in [0.1, 0.15) is 6.42 Å². The Morgan fingerprint density at radius 2 is 2.09 bits per heavy atom. The zero-order valence-electron chi connectivity index (χ0n) is 6.33. The molecule has 0 fully saturated rings. The molecule has 60 valence electrons. The highest BCUT2D eigenvalue weighted by molar-refractivity contribution is 7.85. The first-order valence-corrected chi connectivity index (χ1v) is 4.31. The lowest BCUT2D eigenvalue weighted by atomic mass is 10.3. The van der Waals surface area contributed by atoms with E-state index < -0.39 is 0 Å². The molecule has 3 heteroatoms. The van der Waals surface area contributed by atoms with Gasteiger partial charge in [-0.15, -0.1) is 25.3 Å². The SMILES string of the molecule is CNC1=CC(S)=CCC=C1S. The minimum Gasteiger partial charge on any atom is -0.387 e. The fraction of sp³-hybridized carbons (Fsp3) is 0.250. The third-order valence-electron chi connectivity index (χ3n) is 1.48. The third kappa shape index (κ3) is 2.34. The van der Waals surface area contributed by atoms with Crippen LogP contribution in [0.4, 0.5) is 0 Å². The maximum absolute atomic E-state index is 4.31. The maximum atomic E-state index is 4.31. The molecule has 0 spiro atoms. The van der Waals surface area contributed by atoms with E-state index in [2.05, 4.69) is 36.7 Å². The van der Waals surface area contributed by atoms with Gasteiger partial charge in [0, 0.05) is 22.6 Å². The zero-order valence-corrected chi connectivity index (χ0v) is 8.12. The number of allylic oxidation sites excluding steroid dienone is 3. The predicted molar refractivity (Wildman–Crippen MR) is 55.9 cm³/mol. The monoisotopic (exact) mass is 185 g/mol. The minimum atomic E-state index is 0.902. The van der Waals surface area contributed by atoms with Crippen LogP contribution in [0.3, 0.4) is 0 Å². The van der Waals surface area contributed by atoms with E-state index in [1.165, 1.54) is 0 Å². The van der Waals surface area contributed by atoms with Gasteiger partial charge in [-0.2, -0.15) is 0 Å². The first kappa shape index (κ1) is 8.81. The van der Waals surface area contributed by atoms with Crippen LogP contribution in [0.15, 0.2) is 33.7 Å². The Bertz CT molecular complexity index is 238. The number of likely N-dealkylation sites (N-methyl/N-ethyl adjacent to an activating group) is 1. The van der Waals surface area contributed by atoms with Crippen molar-refractivity contribution >= 4 is 25.3 Å². The van der Waals surface area contributed by atoms with Crippen molar-refractivity contribution < 1.29 is 0 Å². The van der Waals surface area contributed by atoms with Crippen LogP contribution in [0.5, 0.6) is 0 Å². The summed E-state index contributed by atoms with van der Waals surface area (Å²) in [6.07, 6.45) is 6.96. The normalized spacial score (nSPS) is 17.9. The average Bonchev–Trinajstić information content (AvgIpc) is 2.13. The smallest absolute Gasteiger partial charge is 0.0481 e. The van der Waals surface area contributed by atoms with Gasteiger partial charge in [-0.05, 0) is 12.5 Å². The summed E-state index contributed by atoms with van der Waals surface area (Å²) in [5, 5.41) is 3.05. The molecule has 0 bridgehead atoms. The van der Waals surface area contributed by atoms with Gasteiger partial charge in [-0.3, -0.25) is 0 Å². The van der Waals surface area contributed by atoms with E-state index in [-0.39, 0.29) is 0 Å². The van der Waals surface area contributed by atoms with Crippen molar-refractivity contribution in [3.8, 4) is 0 Å². The molecular formula is C8H11NS2. The second-order valence-electron chi connectivity index (χ2n) is 2.26. The van der Waals surface area contributed by atoms with Crippen molar-refractivity contribution in [1.82, 2.24) is 5.32 Å².